The molecule has 0 unspecified atom stereocenters. The van der Waals surface area contributed by atoms with E-state index in [2.05, 4.69) is 13.8 Å². The molecular formula is C17H15F3O. The molecule has 0 fully saturated rings. The van der Waals surface area contributed by atoms with Crippen LogP contribution in [-0.2, 0) is 6.42 Å². The molecule has 0 heterocycles. The zero-order valence-corrected chi connectivity index (χ0v) is 11.8. The van der Waals surface area contributed by atoms with Crippen molar-refractivity contribution < 1.29 is 18.0 Å². The molecule has 1 nitrogen and oxygen atoms in total. The van der Waals surface area contributed by atoms with E-state index < -0.39 is 28.8 Å². The van der Waals surface area contributed by atoms with Crippen LogP contribution in [0.5, 0.6) is 0 Å². The van der Waals surface area contributed by atoms with E-state index in [1.165, 1.54) is 12.1 Å². The van der Waals surface area contributed by atoms with Crippen molar-refractivity contribution in [2.45, 2.75) is 20.3 Å². The average molecular weight is 292 g/mol. The van der Waals surface area contributed by atoms with Gasteiger partial charge in [-0.25, -0.2) is 13.2 Å². The summed E-state index contributed by atoms with van der Waals surface area (Å²) < 4.78 is 40.1. The number of ketones is 1. The molecule has 0 saturated carbocycles. The number of halogens is 3. The van der Waals surface area contributed by atoms with E-state index in [1.54, 1.807) is 12.1 Å². The van der Waals surface area contributed by atoms with Gasteiger partial charge < -0.3 is 0 Å². The van der Waals surface area contributed by atoms with Crippen LogP contribution in [-0.4, -0.2) is 5.78 Å². The van der Waals surface area contributed by atoms with E-state index in [-0.39, 0.29) is 5.56 Å². The van der Waals surface area contributed by atoms with Crippen molar-refractivity contribution in [1.82, 2.24) is 0 Å². The second-order valence-corrected chi connectivity index (χ2v) is 5.37. The lowest BCUT2D eigenvalue weighted by Crippen LogP contribution is -2.08. The molecule has 0 radical (unpaired) electrons. The molecule has 0 aliphatic carbocycles. The molecule has 0 aliphatic rings. The first-order valence-electron chi connectivity index (χ1n) is 6.66. The smallest absolute Gasteiger partial charge is 0.198 e. The van der Waals surface area contributed by atoms with Crippen molar-refractivity contribution in [2.24, 2.45) is 5.92 Å². The molecule has 0 bridgehead atoms. The highest BCUT2D eigenvalue weighted by Crippen LogP contribution is 2.19. The highest BCUT2D eigenvalue weighted by molar-refractivity contribution is 6.09. The van der Waals surface area contributed by atoms with E-state index in [4.69, 9.17) is 0 Å². The summed E-state index contributed by atoms with van der Waals surface area (Å²) in [4.78, 5) is 12.1. The number of carbonyl (C=O) groups excluding carboxylic acids is 1. The number of benzene rings is 2. The third-order valence-electron chi connectivity index (χ3n) is 3.09. The standard InChI is InChI=1S/C17H15F3O/c1-10(2)7-11-3-5-12(6-4-11)17(21)16-14(19)8-13(18)9-15(16)20/h3-6,8-10H,7H2,1-2H3. The van der Waals surface area contributed by atoms with Gasteiger partial charge in [0.15, 0.2) is 5.78 Å². The van der Waals surface area contributed by atoms with Gasteiger partial charge in [0.25, 0.3) is 0 Å². The lowest BCUT2D eigenvalue weighted by Gasteiger charge is -2.07. The van der Waals surface area contributed by atoms with Crippen LogP contribution in [0.4, 0.5) is 13.2 Å². The maximum atomic E-state index is 13.6. The van der Waals surface area contributed by atoms with E-state index in [0.717, 1.165) is 12.0 Å². The van der Waals surface area contributed by atoms with Crippen molar-refractivity contribution in [1.29, 1.82) is 0 Å². The fourth-order valence-electron chi connectivity index (χ4n) is 2.17. The minimum absolute atomic E-state index is 0.173. The van der Waals surface area contributed by atoms with E-state index in [1.807, 2.05) is 0 Å². The third kappa shape index (κ3) is 3.51. The topological polar surface area (TPSA) is 17.1 Å². The van der Waals surface area contributed by atoms with Gasteiger partial charge in [-0.2, -0.15) is 0 Å². The fourth-order valence-corrected chi connectivity index (χ4v) is 2.17. The molecule has 0 atom stereocenters. The first-order valence-corrected chi connectivity index (χ1v) is 6.66. The van der Waals surface area contributed by atoms with Crippen LogP contribution in [0.15, 0.2) is 36.4 Å². The van der Waals surface area contributed by atoms with Crippen LogP contribution < -0.4 is 0 Å². The van der Waals surface area contributed by atoms with Gasteiger partial charge >= 0.3 is 0 Å². The maximum absolute atomic E-state index is 13.6. The van der Waals surface area contributed by atoms with Crippen LogP contribution in [0.25, 0.3) is 0 Å². The van der Waals surface area contributed by atoms with Crippen molar-refractivity contribution >= 4 is 5.78 Å². The summed E-state index contributed by atoms with van der Waals surface area (Å²) in [5.74, 6) is -3.75. The van der Waals surface area contributed by atoms with Gasteiger partial charge in [0, 0.05) is 17.7 Å². The first kappa shape index (κ1) is 15.3. The SMILES string of the molecule is CC(C)Cc1ccc(C(=O)c2c(F)cc(F)cc2F)cc1. The van der Waals surface area contributed by atoms with Gasteiger partial charge in [0.2, 0.25) is 0 Å². The van der Waals surface area contributed by atoms with Crippen LogP contribution in [0.3, 0.4) is 0 Å². The molecule has 4 heteroatoms. The van der Waals surface area contributed by atoms with Gasteiger partial charge in [0.05, 0.1) is 5.56 Å². The summed E-state index contributed by atoms with van der Waals surface area (Å²) in [6.45, 7) is 4.14. The highest BCUT2D eigenvalue weighted by atomic mass is 19.1. The third-order valence-corrected chi connectivity index (χ3v) is 3.09. The minimum Gasteiger partial charge on any atom is -0.288 e. The molecule has 2 aromatic carbocycles. The molecule has 0 saturated heterocycles. The Kier molecular flexibility index (Phi) is 4.46. The normalized spacial score (nSPS) is 11.0. The zero-order valence-electron chi connectivity index (χ0n) is 11.8. The van der Waals surface area contributed by atoms with Crippen molar-refractivity contribution in [3.05, 3.63) is 70.5 Å². The van der Waals surface area contributed by atoms with Crippen molar-refractivity contribution in [3.8, 4) is 0 Å². The largest absolute Gasteiger partial charge is 0.288 e. The predicted octanol–water partition coefficient (Wildman–Crippen LogP) is 4.53. The van der Waals surface area contributed by atoms with E-state index in [9.17, 15) is 18.0 Å². The monoisotopic (exact) mass is 292 g/mol. The summed E-state index contributed by atoms with van der Waals surface area (Å²) in [6.07, 6.45) is 0.855. The zero-order chi connectivity index (χ0) is 15.6. The first-order chi connectivity index (χ1) is 9.88. The second-order valence-electron chi connectivity index (χ2n) is 5.37. The van der Waals surface area contributed by atoms with Gasteiger partial charge in [-0.15, -0.1) is 0 Å². The van der Waals surface area contributed by atoms with Crippen molar-refractivity contribution in [2.75, 3.05) is 0 Å². The summed E-state index contributed by atoms with van der Waals surface area (Å²) in [5.41, 5.74) is 0.488. The van der Waals surface area contributed by atoms with Crippen LogP contribution in [0.2, 0.25) is 0 Å². The molecular weight excluding hydrogens is 277 g/mol. The molecule has 0 N–H and O–H groups in total. The van der Waals surface area contributed by atoms with E-state index in [0.29, 0.717) is 18.1 Å². The van der Waals surface area contributed by atoms with Crippen LogP contribution in [0.1, 0.15) is 35.3 Å². The molecule has 0 spiro atoms. The van der Waals surface area contributed by atoms with Gasteiger partial charge in [-0.3, -0.25) is 4.79 Å². The lowest BCUT2D eigenvalue weighted by atomic mass is 9.98. The quantitative estimate of drug-likeness (QED) is 0.756. The average Bonchev–Trinajstić information content (AvgIpc) is 2.37. The molecule has 2 aromatic rings. The molecule has 110 valence electrons. The Morgan fingerprint density at radius 2 is 1.52 bits per heavy atom. The molecule has 0 amide bonds. The summed E-state index contributed by atoms with van der Waals surface area (Å²) in [7, 11) is 0. The van der Waals surface area contributed by atoms with Crippen LogP contribution >= 0.6 is 0 Å². The predicted molar refractivity (Wildman–Crippen MR) is 74.7 cm³/mol. The maximum Gasteiger partial charge on any atom is 0.198 e. The number of carbonyl (C=O) groups is 1. The Balaban J connectivity index is 2.32. The summed E-state index contributed by atoms with van der Waals surface area (Å²) in [5, 5.41) is 0. The molecule has 21 heavy (non-hydrogen) atoms. The Bertz CT molecular complexity index is 637. The number of hydrogen-bond acceptors (Lipinski definition) is 1. The Morgan fingerprint density at radius 1 is 1.00 bits per heavy atom. The highest BCUT2D eigenvalue weighted by Gasteiger charge is 2.20. The Labute approximate surface area is 121 Å². The molecule has 2 rings (SSSR count). The number of rotatable bonds is 4. The molecule has 0 aliphatic heterocycles. The Hall–Kier alpha value is -2.10. The van der Waals surface area contributed by atoms with Crippen LogP contribution in [0, 0.1) is 23.4 Å². The fraction of sp³-hybridized carbons (Fsp3) is 0.235. The summed E-state index contributed by atoms with van der Waals surface area (Å²) >= 11 is 0. The molecule has 0 aromatic heterocycles. The Morgan fingerprint density at radius 3 is 2.00 bits per heavy atom. The van der Waals surface area contributed by atoms with Gasteiger partial charge in [-0.05, 0) is 17.9 Å². The van der Waals surface area contributed by atoms with Crippen molar-refractivity contribution in [3.63, 3.8) is 0 Å². The second kappa shape index (κ2) is 6.12. The minimum atomic E-state index is -1.19. The van der Waals surface area contributed by atoms with Gasteiger partial charge in [0.1, 0.15) is 17.5 Å². The number of hydrogen-bond donors (Lipinski definition) is 0. The lowest BCUT2D eigenvalue weighted by molar-refractivity contribution is 0.103. The summed E-state index contributed by atoms with van der Waals surface area (Å²) in [6, 6.07) is 7.58. The van der Waals surface area contributed by atoms with E-state index >= 15 is 0 Å². The van der Waals surface area contributed by atoms with Gasteiger partial charge in [-0.1, -0.05) is 38.1 Å².